The van der Waals surface area contributed by atoms with Crippen LogP contribution in [0, 0.1) is 23.5 Å². The van der Waals surface area contributed by atoms with Crippen LogP contribution in [-0.2, 0) is 16.1 Å². The number of carbonyl (C=O) groups is 1. The lowest BCUT2D eigenvalue weighted by Crippen LogP contribution is -2.48. The van der Waals surface area contributed by atoms with E-state index in [9.17, 15) is 23.1 Å². The number of nitrogens with one attached hydrogen (secondary N) is 1. The number of aliphatic hydroxyl groups is 1. The molecule has 5 rings (SSSR count). The molecule has 0 aliphatic carbocycles. The molecule has 2 aliphatic rings. The molecule has 2 aromatic carbocycles. The normalized spacial score (nSPS) is 21.3. The maximum Gasteiger partial charge on any atom is 0.251 e. The quantitative estimate of drug-likeness (QED) is 0.415. The van der Waals surface area contributed by atoms with Crippen molar-refractivity contribution in [2.45, 2.75) is 44.6 Å². The Morgan fingerprint density at radius 3 is 2.60 bits per heavy atom. The van der Waals surface area contributed by atoms with Gasteiger partial charge in [-0.05, 0) is 49.4 Å². The Morgan fingerprint density at radius 1 is 1.18 bits per heavy atom. The van der Waals surface area contributed by atoms with E-state index >= 15 is 0 Å². The van der Waals surface area contributed by atoms with Crippen LogP contribution in [0.4, 0.5) is 13.2 Å². The van der Waals surface area contributed by atoms with Gasteiger partial charge in [0.05, 0.1) is 11.7 Å². The summed E-state index contributed by atoms with van der Waals surface area (Å²) in [5.41, 5.74) is 1.20. The fourth-order valence-electron chi connectivity index (χ4n) is 5.75. The fraction of sp³-hybridized carbons (Fsp3) is 0.467. The Morgan fingerprint density at radius 2 is 1.93 bits per heavy atom. The first kappa shape index (κ1) is 28.3. The first-order chi connectivity index (χ1) is 19.3. The van der Waals surface area contributed by atoms with Crippen molar-refractivity contribution in [2.24, 2.45) is 11.8 Å². The van der Waals surface area contributed by atoms with Gasteiger partial charge in [-0.1, -0.05) is 30.3 Å². The van der Waals surface area contributed by atoms with Crippen molar-refractivity contribution in [2.75, 3.05) is 32.8 Å². The summed E-state index contributed by atoms with van der Waals surface area (Å²) in [5.74, 6) is -1.82. The Bertz CT molecular complexity index is 1300. The number of amides is 1. The highest BCUT2D eigenvalue weighted by atomic mass is 19.1. The Kier molecular flexibility index (Phi) is 8.87. The fourth-order valence-corrected chi connectivity index (χ4v) is 5.75. The second-order valence-electron chi connectivity index (χ2n) is 10.7. The predicted molar refractivity (Wildman–Crippen MR) is 144 cm³/mol. The molecule has 40 heavy (non-hydrogen) atoms. The molecule has 0 radical (unpaired) electrons. The van der Waals surface area contributed by atoms with E-state index in [0.29, 0.717) is 45.0 Å². The van der Waals surface area contributed by atoms with Gasteiger partial charge in [0.25, 0.3) is 5.91 Å². The van der Waals surface area contributed by atoms with Gasteiger partial charge in [0, 0.05) is 57.1 Å². The summed E-state index contributed by atoms with van der Waals surface area (Å²) in [6.45, 7) is 3.44. The summed E-state index contributed by atoms with van der Waals surface area (Å²) in [4.78, 5) is 20.0. The molecule has 1 aromatic heterocycles. The highest BCUT2D eigenvalue weighted by Crippen LogP contribution is 2.38. The summed E-state index contributed by atoms with van der Waals surface area (Å²) in [6.07, 6.45) is 0.469. The van der Waals surface area contributed by atoms with Gasteiger partial charge in [0.15, 0.2) is 0 Å². The van der Waals surface area contributed by atoms with Crippen molar-refractivity contribution in [1.29, 1.82) is 0 Å². The van der Waals surface area contributed by atoms with E-state index in [4.69, 9.17) is 9.72 Å². The number of ether oxygens (including phenoxy) is 1. The van der Waals surface area contributed by atoms with E-state index in [0.717, 1.165) is 23.8 Å². The minimum Gasteiger partial charge on any atom is -0.384 e. The third-order valence-electron chi connectivity index (χ3n) is 7.85. The lowest BCUT2D eigenvalue weighted by molar-refractivity contribution is -0.145. The summed E-state index contributed by atoms with van der Waals surface area (Å²) in [7, 11) is 0. The van der Waals surface area contributed by atoms with Gasteiger partial charge in [-0.2, -0.15) is 0 Å². The molecule has 2 N–H and O–H groups in total. The van der Waals surface area contributed by atoms with Crippen LogP contribution < -0.4 is 5.32 Å². The number of benzene rings is 2. The third-order valence-corrected chi connectivity index (χ3v) is 7.85. The molecule has 0 spiro atoms. The topological polar surface area (TPSA) is 79.6 Å². The molecule has 0 saturated carbocycles. The summed E-state index contributed by atoms with van der Waals surface area (Å²) in [5, 5.41) is 13.5. The molecule has 0 bridgehead atoms. The number of aliphatic hydroxyl groups excluding tert-OH is 1. The largest absolute Gasteiger partial charge is 0.384 e. The van der Waals surface area contributed by atoms with Gasteiger partial charge in [-0.25, -0.2) is 18.2 Å². The summed E-state index contributed by atoms with van der Waals surface area (Å²) in [6, 6.07) is 12.2. The zero-order valence-electron chi connectivity index (χ0n) is 22.5. The Balaban J connectivity index is 1.65. The van der Waals surface area contributed by atoms with Crippen LogP contribution in [-0.4, -0.2) is 70.6 Å². The number of alkyl halides is 1. The molecular formula is C30H35F3N4O3. The molecule has 4 atom stereocenters. The Hall–Kier alpha value is -3.21. The molecule has 3 heterocycles. The van der Waals surface area contributed by atoms with Crippen molar-refractivity contribution in [3.8, 4) is 11.3 Å². The number of imidazole rings is 1. The highest BCUT2D eigenvalue weighted by molar-refractivity contribution is 5.80. The number of halogens is 3. The van der Waals surface area contributed by atoms with Crippen molar-refractivity contribution >= 4 is 5.91 Å². The van der Waals surface area contributed by atoms with E-state index in [1.54, 1.807) is 11.1 Å². The van der Waals surface area contributed by atoms with Crippen molar-refractivity contribution in [1.82, 2.24) is 19.8 Å². The SMILES string of the molecule is CC(O)C(=O)N(C[C@@H]1CNC[C@@H]1F)[C@@H](c1nc(-c2cc(F)ccc2F)cn1Cc1ccccc1)C1CCOCC1. The highest BCUT2D eigenvalue weighted by Gasteiger charge is 2.41. The van der Waals surface area contributed by atoms with Crippen molar-refractivity contribution in [3.63, 3.8) is 0 Å². The van der Waals surface area contributed by atoms with Crippen LogP contribution in [0.2, 0.25) is 0 Å². The lowest BCUT2D eigenvalue weighted by Gasteiger charge is -2.40. The molecular weight excluding hydrogens is 521 g/mol. The molecule has 1 unspecified atom stereocenters. The van der Waals surface area contributed by atoms with Gasteiger partial charge in [0.1, 0.15) is 29.7 Å². The maximum atomic E-state index is 14.9. The minimum absolute atomic E-state index is 0.0102. The molecule has 214 valence electrons. The number of carbonyl (C=O) groups excluding carboxylic acids is 1. The van der Waals surface area contributed by atoms with E-state index in [1.807, 2.05) is 34.9 Å². The van der Waals surface area contributed by atoms with Crippen LogP contribution in [0.25, 0.3) is 11.3 Å². The molecule has 1 amide bonds. The number of aromatic nitrogens is 2. The van der Waals surface area contributed by atoms with Crippen molar-refractivity contribution < 1.29 is 27.8 Å². The van der Waals surface area contributed by atoms with E-state index in [-0.39, 0.29) is 30.3 Å². The van der Waals surface area contributed by atoms with Crippen LogP contribution >= 0.6 is 0 Å². The smallest absolute Gasteiger partial charge is 0.251 e. The van der Waals surface area contributed by atoms with Gasteiger partial charge >= 0.3 is 0 Å². The van der Waals surface area contributed by atoms with Crippen LogP contribution in [0.3, 0.4) is 0 Å². The minimum atomic E-state index is -1.31. The van der Waals surface area contributed by atoms with E-state index in [2.05, 4.69) is 5.32 Å². The van der Waals surface area contributed by atoms with Crippen LogP contribution in [0.15, 0.2) is 54.7 Å². The molecule has 2 aliphatic heterocycles. The van der Waals surface area contributed by atoms with Crippen molar-refractivity contribution in [3.05, 3.63) is 77.8 Å². The van der Waals surface area contributed by atoms with Crippen LogP contribution in [0.5, 0.6) is 0 Å². The monoisotopic (exact) mass is 556 g/mol. The first-order valence-electron chi connectivity index (χ1n) is 13.8. The van der Waals surface area contributed by atoms with Gasteiger partial charge in [0.2, 0.25) is 0 Å². The van der Waals surface area contributed by atoms with Gasteiger partial charge in [-0.15, -0.1) is 0 Å². The van der Waals surface area contributed by atoms with Crippen LogP contribution in [0.1, 0.15) is 37.2 Å². The number of hydrogen-bond donors (Lipinski definition) is 2. The second kappa shape index (κ2) is 12.5. The standard InChI is InChI=1S/C30H35F3N4O3/c1-19(38)30(39)37(17-22-14-34-15-26(22)33)28(21-9-11-40-12-10-21)29-35-27(24-13-23(31)7-8-25(24)32)18-36(29)16-20-5-3-2-4-6-20/h2-8,13,18-19,21-22,26,28,34,38H,9-12,14-17H2,1H3/t19?,22-,26-,28+/m0/s1. The van der Waals surface area contributed by atoms with E-state index in [1.165, 1.54) is 6.92 Å². The molecule has 2 fully saturated rings. The maximum absolute atomic E-state index is 14.9. The lowest BCUT2D eigenvalue weighted by atomic mass is 9.88. The van der Waals surface area contributed by atoms with Gasteiger partial charge in [-0.3, -0.25) is 4.79 Å². The molecule has 2 saturated heterocycles. The number of nitrogens with zero attached hydrogens (tertiary/aromatic N) is 3. The third kappa shape index (κ3) is 6.24. The average molecular weight is 557 g/mol. The summed E-state index contributed by atoms with van der Waals surface area (Å²) < 4.78 is 51.4. The molecule has 7 nitrogen and oxygen atoms in total. The van der Waals surface area contributed by atoms with E-state index < -0.39 is 41.8 Å². The zero-order valence-corrected chi connectivity index (χ0v) is 22.5. The molecule has 3 aromatic rings. The zero-order chi connectivity index (χ0) is 28.2. The molecule has 10 heteroatoms. The number of rotatable bonds is 9. The predicted octanol–water partition coefficient (Wildman–Crippen LogP) is 4.11. The second-order valence-corrected chi connectivity index (χ2v) is 10.7. The van der Waals surface area contributed by atoms with Gasteiger partial charge < -0.3 is 24.6 Å². The first-order valence-corrected chi connectivity index (χ1v) is 13.8. The summed E-state index contributed by atoms with van der Waals surface area (Å²) >= 11 is 0. The Labute approximate surface area is 232 Å². The number of hydrogen-bond acceptors (Lipinski definition) is 5. The average Bonchev–Trinajstić information content (AvgIpc) is 3.56.